The van der Waals surface area contributed by atoms with Gasteiger partial charge in [-0.15, -0.1) is 0 Å². The van der Waals surface area contributed by atoms with Crippen LogP contribution in [0.15, 0.2) is 4.34 Å². The highest BCUT2D eigenvalue weighted by atomic mass is 32.2. The topological polar surface area (TPSA) is 63.1 Å². The predicted molar refractivity (Wildman–Crippen MR) is 52.2 cm³/mol. The van der Waals surface area contributed by atoms with E-state index in [9.17, 15) is 4.79 Å². The second-order valence-corrected chi connectivity index (χ2v) is 5.07. The normalized spacial score (nSPS) is 12.8. The summed E-state index contributed by atoms with van der Waals surface area (Å²) in [6.45, 7) is 3.69. The molecular weight excluding hydrogens is 208 g/mol. The maximum Gasteiger partial charge on any atom is 0.304 e. The van der Waals surface area contributed by atoms with Crippen LogP contribution in [0.3, 0.4) is 0 Å². The molecule has 6 heteroatoms. The molecule has 13 heavy (non-hydrogen) atoms. The van der Waals surface area contributed by atoms with Gasteiger partial charge in [-0.3, -0.25) is 4.79 Å². The number of carbonyl (C=O) groups is 1. The van der Waals surface area contributed by atoms with Crippen LogP contribution in [0.1, 0.15) is 19.2 Å². The molecule has 0 radical (unpaired) electrons. The van der Waals surface area contributed by atoms with Crippen LogP contribution in [0.4, 0.5) is 0 Å². The Morgan fingerprint density at radius 3 is 2.92 bits per heavy atom. The van der Waals surface area contributed by atoms with Crippen LogP contribution >= 0.6 is 23.3 Å². The van der Waals surface area contributed by atoms with Gasteiger partial charge in [-0.2, -0.15) is 4.37 Å². The Balaban J connectivity index is 2.44. The van der Waals surface area contributed by atoms with Gasteiger partial charge in [0.15, 0.2) is 4.34 Å². The summed E-state index contributed by atoms with van der Waals surface area (Å²) in [5, 5.41) is 8.57. The first-order chi connectivity index (χ1) is 6.08. The number of aryl methyl sites for hydroxylation is 1. The predicted octanol–water partition coefficient (Wildman–Crippen LogP) is 1.80. The van der Waals surface area contributed by atoms with Crippen LogP contribution in [0.2, 0.25) is 0 Å². The summed E-state index contributed by atoms with van der Waals surface area (Å²) in [5.74, 6) is -0.0312. The van der Waals surface area contributed by atoms with E-state index in [1.807, 2.05) is 13.8 Å². The standard InChI is InChI=1S/C7H10N2O2S2/c1-4(3-6(10)11)12-7-8-5(2)9-13-7/h4H,3H2,1-2H3,(H,10,11). The van der Waals surface area contributed by atoms with E-state index in [0.29, 0.717) is 0 Å². The van der Waals surface area contributed by atoms with E-state index in [-0.39, 0.29) is 11.7 Å². The molecule has 0 bridgehead atoms. The molecule has 1 atom stereocenters. The van der Waals surface area contributed by atoms with Crippen LogP contribution in [0, 0.1) is 6.92 Å². The van der Waals surface area contributed by atoms with Crippen LogP contribution in [0.25, 0.3) is 0 Å². The second-order valence-electron chi connectivity index (χ2n) is 2.63. The van der Waals surface area contributed by atoms with Crippen LogP contribution in [0.5, 0.6) is 0 Å². The van der Waals surface area contributed by atoms with Crippen molar-refractivity contribution < 1.29 is 9.90 Å². The Morgan fingerprint density at radius 2 is 2.46 bits per heavy atom. The lowest BCUT2D eigenvalue weighted by atomic mass is 10.3. The molecule has 1 unspecified atom stereocenters. The number of rotatable bonds is 4. The number of carboxylic acid groups (broad SMARTS) is 1. The van der Waals surface area contributed by atoms with Gasteiger partial charge in [-0.1, -0.05) is 18.7 Å². The van der Waals surface area contributed by atoms with Crippen molar-refractivity contribution in [3.63, 3.8) is 0 Å². The molecule has 0 aliphatic carbocycles. The van der Waals surface area contributed by atoms with E-state index in [4.69, 9.17) is 5.11 Å². The molecule has 72 valence electrons. The van der Waals surface area contributed by atoms with E-state index >= 15 is 0 Å². The number of hydrogen-bond acceptors (Lipinski definition) is 5. The first-order valence-electron chi connectivity index (χ1n) is 3.76. The molecule has 0 amide bonds. The first-order valence-corrected chi connectivity index (χ1v) is 5.42. The highest BCUT2D eigenvalue weighted by Gasteiger charge is 2.11. The zero-order valence-corrected chi connectivity index (χ0v) is 8.98. The van der Waals surface area contributed by atoms with Gasteiger partial charge in [0.25, 0.3) is 0 Å². The zero-order chi connectivity index (χ0) is 9.84. The minimum Gasteiger partial charge on any atom is -0.481 e. The van der Waals surface area contributed by atoms with Gasteiger partial charge in [0, 0.05) is 5.25 Å². The molecule has 0 saturated heterocycles. The van der Waals surface area contributed by atoms with Crippen LogP contribution in [-0.2, 0) is 4.79 Å². The van der Waals surface area contributed by atoms with Crippen LogP contribution in [-0.4, -0.2) is 25.7 Å². The molecule has 0 aliphatic heterocycles. The van der Waals surface area contributed by atoms with Crippen molar-refractivity contribution in [3.8, 4) is 0 Å². The van der Waals surface area contributed by atoms with Crippen molar-refractivity contribution in [2.75, 3.05) is 0 Å². The van der Waals surface area contributed by atoms with E-state index in [2.05, 4.69) is 9.36 Å². The van der Waals surface area contributed by atoms with Crippen LogP contribution < -0.4 is 0 Å². The van der Waals surface area contributed by atoms with E-state index < -0.39 is 5.97 Å². The van der Waals surface area contributed by atoms with Crippen molar-refractivity contribution >= 4 is 29.3 Å². The monoisotopic (exact) mass is 218 g/mol. The molecule has 0 fully saturated rings. The molecule has 1 heterocycles. The summed E-state index contributed by atoms with van der Waals surface area (Å²) in [4.78, 5) is 14.5. The Kier molecular flexibility index (Phi) is 3.68. The van der Waals surface area contributed by atoms with Crippen molar-refractivity contribution in [3.05, 3.63) is 5.82 Å². The molecular formula is C7H10N2O2S2. The summed E-state index contributed by atoms with van der Waals surface area (Å²) in [5.41, 5.74) is 0. The van der Waals surface area contributed by atoms with E-state index in [1.165, 1.54) is 23.3 Å². The third-order valence-electron chi connectivity index (χ3n) is 1.27. The fourth-order valence-corrected chi connectivity index (χ4v) is 2.74. The van der Waals surface area contributed by atoms with Crippen molar-refractivity contribution in [2.45, 2.75) is 29.9 Å². The lowest BCUT2D eigenvalue weighted by molar-refractivity contribution is -0.136. The first kappa shape index (κ1) is 10.5. The summed E-state index contributed by atoms with van der Waals surface area (Å²) in [6, 6.07) is 0. The Labute approximate surface area is 84.6 Å². The fraction of sp³-hybridized carbons (Fsp3) is 0.571. The second kappa shape index (κ2) is 4.57. The summed E-state index contributed by atoms with van der Waals surface area (Å²) in [6.07, 6.45) is 0.156. The average Bonchev–Trinajstić information content (AvgIpc) is 2.33. The third-order valence-corrected chi connectivity index (χ3v) is 3.25. The van der Waals surface area contributed by atoms with E-state index in [0.717, 1.165) is 10.2 Å². The highest BCUT2D eigenvalue weighted by Crippen LogP contribution is 2.26. The van der Waals surface area contributed by atoms with Gasteiger partial charge in [0.05, 0.1) is 6.42 Å². The lowest BCUT2D eigenvalue weighted by Gasteiger charge is -2.03. The Morgan fingerprint density at radius 1 is 1.77 bits per heavy atom. The maximum atomic E-state index is 10.4. The molecule has 1 N–H and O–H groups in total. The van der Waals surface area contributed by atoms with Crippen molar-refractivity contribution in [2.24, 2.45) is 0 Å². The molecule has 0 aromatic carbocycles. The third kappa shape index (κ3) is 3.73. The summed E-state index contributed by atoms with van der Waals surface area (Å²) < 4.78 is 4.85. The Hall–Kier alpha value is -0.620. The molecule has 4 nitrogen and oxygen atoms in total. The van der Waals surface area contributed by atoms with Gasteiger partial charge in [0.1, 0.15) is 5.82 Å². The Bertz CT molecular complexity index is 300. The number of nitrogens with zero attached hydrogens (tertiary/aromatic N) is 2. The van der Waals surface area contributed by atoms with Gasteiger partial charge >= 0.3 is 5.97 Å². The van der Waals surface area contributed by atoms with E-state index in [1.54, 1.807) is 0 Å². The minimum atomic E-state index is -0.777. The smallest absolute Gasteiger partial charge is 0.304 e. The number of aromatic nitrogens is 2. The minimum absolute atomic E-state index is 0.0462. The number of thioether (sulfide) groups is 1. The highest BCUT2D eigenvalue weighted by molar-refractivity contribution is 8.01. The van der Waals surface area contributed by atoms with Gasteiger partial charge in [0.2, 0.25) is 0 Å². The van der Waals surface area contributed by atoms with Gasteiger partial charge < -0.3 is 5.11 Å². The maximum absolute atomic E-state index is 10.4. The molecule has 0 aliphatic rings. The van der Waals surface area contributed by atoms with Crippen molar-refractivity contribution in [1.29, 1.82) is 0 Å². The lowest BCUT2D eigenvalue weighted by Crippen LogP contribution is -2.05. The quantitative estimate of drug-likeness (QED) is 0.781. The summed E-state index contributed by atoms with van der Waals surface area (Å²) >= 11 is 2.77. The average molecular weight is 218 g/mol. The largest absolute Gasteiger partial charge is 0.481 e. The van der Waals surface area contributed by atoms with Gasteiger partial charge in [-0.05, 0) is 18.5 Å². The molecule has 0 saturated carbocycles. The van der Waals surface area contributed by atoms with Crippen molar-refractivity contribution in [1.82, 2.24) is 9.36 Å². The molecule has 1 aromatic heterocycles. The number of hydrogen-bond donors (Lipinski definition) is 1. The summed E-state index contributed by atoms with van der Waals surface area (Å²) in [7, 11) is 0. The molecule has 1 rings (SSSR count). The van der Waals surface area contributed by atoms with Gasteiger partial charge in [-0.25, -0.2) is 4.98 Å². The molecule has 1 aromatic rings. The SMILES string of the molecule is Cc1nsc(SC(C)CC(=O)O)n1. The fourth-order valence-electron chi connectivity index (χ4n) is 0.786. The zero-order valence-electron chi connectivity index (χ0n) is 7.35. The number of carboxylic acids is 1. The number of aliphatic carboxylic acids is 1. The molecule has 0 spiro atoms.